The highest BCUT2D eigenvalue weighted by molar-refractivity contribution is 6.43. The molecule has 0 atom stereocenters. The maximum Gasteiger partial charge on any atom is 0.311 e. The van der Waals surface area contributed by atoms with E-state index in [2.05, 4.69) is 0 Å². The average molecular weight is 395 g/mol. The van der Waals surface area contributed by atoms with Crippen LogP contribution in [0.25, 0.3) is 0 Å². The molecule has 0 saturated carbocycles. The first-order valence-corrected chi connectivity index (χ1v) is 9.16. The van der Waals surface area contributed by atoms with Gasteiger partial charge in [-0.05, 0) is 37.0 Å². The van der Waals surface area contributed by atoms with Crippen LogP contribution in [0.3, 0.4) is 0 Å². The zero-order valence-corrected chi connectivity index (χ0v) is 15.8. The molecule has 2 rings (SSSR count). The summed E-state index contributed by atoms with van der Waals surface area (Å²) in [4.78, 5) is 23.5. The molecule has 138 valence electrons. The van der Waals surface area contributed by atoms with E-state index in [4.69, 9.17) is 32.7 Å². The molecule has 26 heavy (non-hydrogen) atoms. The Morgan fingerprint density at radius 3 is 2.35 bits per heavy atom. The van der Waals surface area contributed by atoms with Gasteiger partial charge in [-0.3, -0.25) is 9.59 Å². The van der Waals surface area contributed by atoms with E-state index in [-0.39, 0.29) is 29.6 Å². The first-order chi connectivity index (χ1) is 12.6. The van der Waals surface area contributed by atoms with Gasteiger partial charge >= 0.3 is 11.9 Å². The van der Waals surface area contributed by atoms with Gasteiger partial charge in [0.15, 0.2) is 5.75 Å². The number of ether oxygens (including phenoxy) is 2. The summed E-state index contributed by atoms with van der Waals surface area (Å²) in [7, 11) is 0. The lowest BCUT2D eigenvalue weighted by molar-refractivity contribution is -0.144. The van der Waals surface area contributed by atoms with Crippen molar-refractivity contribution in [3.8, 4) is 5.75 Å². The summed E-state index contributed by atoms with van der Waals surface area (Å²) in [5, 5.41) is 0.511. The Labute approximate surface area is 163 Å². The van der Waals surface area contributed by atoms with Gasteiger partial charge in [-0.1, -0.05) is 59.6 Å². The summed E-state index contributed by atoms with van der Waals surface area (Å²) in [6.45, 7) is 0.371. The maximum absolute atomic E-state index is 11.8. The summed E-state index contributed by atoms with van der Waals surface area (Å²) in [6, 6.07) is 14.8. The zero-order chi connectivity index (χ0) is 18.8. The quantitative estimate of drug-likeness (QED) is 0.331. The van der Waals surface area contributed by atoms with Crippen LogP contribution in [-0.2, 0) is 20.7 Å². The second-order valence-corrected chi connectivity index (χ2v) is 6.47. The number of rotatable bonds is 9. The fraction of sp³-hybridized carbons (Fsp3) is 0.300. The van der Waals surface area contributed by atoms with E-state index in [0.29, 0.717) is 18.1 Å². The summed E-state index contributed by atoms with van der Waals surface area (Å²) < 4.78 is 10.3. The van der Waals surface area contributed by atoms with Crippen LogP contribution in [-0.4, -0.2) is 18.5 Å². The van der Waals surface area contributed by atoms with Crippen LogP contribution in [0, 0.1) is 0 Å². The molecule has 0 amide bonds. The molecule has 0 aliphatic carbocycles. The highest BCUT2D eigenvalue weighted by Gasteiger charge is 2.12. The van der Waals surface area contributed by atoms with Crippen molar-refractivity contribution in [2.75, 3.05) is 6.61 Å². The lowest BCUT2D eigenvalue weighted by Crippen LogP contribution is -2.11. The molecule has 0 fully saturated rings. The molecule has 4 nitrogen and oxygen atoms in total. The Balaban J connectivity index is 1.59. The largest absolute Gasteiger partial charge is 0.466 e. The molecule has 0 bridgehead atoms. The van der Waals surface area contributed by atoms with E-state index in [1.54, 1.807) is 18.2 Å². The first-order valence-electron chi connectivity index (χ1n) is 8.40. The van der Waals surface area contributed by atoms with E-state index in [9.17, 15) is 9.59 Å². The third kappa shape index (κ3) is 7.06. The molecule has 0 aliphatic heterocycles. The molecule has 0 unspecified atom stereocenters. The normalized spacial score (nSPS) is 10.4. The molecule has 0 aliphatic rings. The van der Waals surface area contributed by atoms with E-state index in [0.717, 1.165) is 12.8 Å². The molecule has 2 aromatic carbocycles. The van der Waals surface area contributed by atoms with Crippen molar-refractivity contribution < 1.29 is 19.1 Å². The summed E-state index contributed by atoms with van der Waals surface area (Å²) in [5.41, 5.74) is 1.21. The van der Waals surface area contributed by atoms with Gasteiger partial charge < -0.3 is 9.47 Å². The Morgan fingerprint density at radius 1 is 0.846 bits per heavy atom. The van der Waals surface area contributed by atoms with Crippen LogP contribution < -0.4 is 4.74 Å². The zero-order valence-electron chi connectivity index (χ0n) is 14.3. The van der Waals surface area contributed by atoms with Gasteiger partial charge in [0.2, 0.25) is 0 Å². The number of hydrogen-bond acceptors (Lipinski definition) is 4. The molecule has 0 aromatic heterocycles. The average Bonchev–Trinajstić information content (AvgIpc) is 2.63. The standard InChI is InChI=1S/C20H20Cl2O4/c21-16-10-4-11-17(20(16)22)26-19(24)13-5-12-18(23)25-14-6-9-15-7-2-1-3-8-15/h1-4,7-8,10-11H,5-6,9,12-14H2. The Morgan fingerprint density at radius 2 is 1.58 bits per heavy atom. The number of aryl methyl sites for hydroxylation is 1. The second kappa shape index (κ2) is 10.8. The Bertz CT molecular complexity index is 732. The molecule has 2 aromatic rings. The second-order valence-electron chi connectivity index (χ2n) is 5.69. The first kappa shape index (κ1) is 20.3. The highest BCUT2D eigenvalue weighted by atomic mass is 35.5. The third-order valence-corrected chi connectivity index (χ3v) is 4.42. The van der Waals surface area contributed by atoms with Gasteiger partial charge in [0.05, 0.1) is 11.6 Å². The van der Waals surface area contributed by atoms with Gasteiger partial charge in [-0.25, -0.2) is 0 Å². The number of esters is 2. The van der Waals surface area contributed by atoms with Crippen molar-refractivity contribution in [1.29, 1.82) is 0 Å². The van der Waals surface area contributed by atoms with E-state index in [1.807, 2.05) is 30.3 Å². The third-order valence-electron chi connectivity index (χ3n) is 3.62. The Kier molecular flexibility index (Phi) is 8.45. The summed E-state index contributed by atoms with van der Waals surface area (Å²) >= 11 is 11.8. The summed E-state index contributed by atoms with van der Waals surface area (Å²) in [5.74, 6) is -0.564. The monoisotopic (exact) mass is 394 g/mol. The molecule has 0 heterocycles. The smallest absolute Gasteiger partial charge is 0.311 e. The fourth-order valence-electron chi connectivity index (χ4n) is 2.29. The fourth-order valence-corrected chi connectivity index (χ4v) is 2.62. The Hall–Kier alpha value is -2.04. The molecule has 0 radical (unpaired) electrons. The van der Waals surface area contributed by atoms with E-state index < -0.39 is 5.97 Å². The van der Waals surface area contributed by atoms with Gasteiger partial charge in [-0.15, -0.1) is 0 Å². The number of hydrogen-bond donors (Lipinski definition) is 0. The lowest BCUT2D eigenvalue weighted by atomic mass is 10.1. The minimum atomic E-state index is -0.467. The summed E-state index contributed by atoms with van der Waals surface area (Å²) in [6.07, 6.45) is 2.26. The molecule has 6 heteroatoms. The predicted molar refractivity (Wildman–Crippen MR) is 102 cm³/mol. The van der Waals surface area contributed by atoms with E-state index >= 15 is 0 Å². The van der Waals surface area contributed by atoms with Crippen LogP contribution in [0.1, 0.15) is 31.2 Å². The minimum Gasteiger partial charge on any atom is -0.466 e. The van der Waals surface area contributed by atoms with Crippen LogP contribution in [0.15, 0.2) is 48.5 Å². The van der Waals surface area contributed by atoms with Gasteiger partial charge in [0.1, 0.15) is 5.02 Å². The van der Waals surface area contributed by atoms with Gasteiger partial charge in [0.25, 0.3) is 0 Å². The van der Waals surface area contributed by atoms with Crippen LogP contribution >= 0.6 is 23.2 Å². The highest BCUT2D eigenvalue weighted by Crippen LogP contribution is 2.31. The van der Waals surface area contributed by atoms with Crippen LogP contribution in [0.2, 0.25) is 10.0 Å². The maximum atomic E-state index is 11.8. The van der Waals surface area contributed by atoms with Crippen LogP contribution in [0.4, 0.5) is 0 Å². The molecule has 0 saturated heterocycles. The minimum absolute atomic E-state index is 0.0992. The van der Waals surface area contributed by atoms with Gasteiger partial charge in [0, 0.05) is 12.8 Å². The van der Waals surface area contributed by atoms with Crippen LogP contribution in [0.5, 0.6) is 5.75 Å². The van der Waals surface area contributed by atoms with Crippen molar-refractivity contribution in [2.24, 2.45) is 0 Å². The number of carbonyl (C=O) groups is 2. The molecule has 0 N–H and O–H groups in total. The number of benzene rings is 2. The molecular weight excluding hydrogens is 375 g/mol. The SMILES string of the molecule is O=C(CCCC(=O)Oc1cccc(Cl)c1Cl)OCCCc1ccccc1. The lowest BCUT2D eigenvalue weighted by Gasteiger charge is -2.07. The van der Waals surface area contributed by atoms with Crippen molar-refractivity contribution in [2.45, 2.75) is 32.1 Å². The molecular formula is C20H20Cl2O4. The van der Waals surface area contributed by atoms with Crippen molar-refractivity contribution >= 4 is 35.1 Å². The van der Waals surface area contributed by atoms with Crippen molar-refractivity contribution in [3.05, 3.63) is 64.1 Å². The predicted octanol–water partition coefficient (Wildman–Crippen LogP) is 5.25. The van der Waals surface area contributed by atoms with Gasteiger partial charge in [-0.2, -0.15) is 0 Å². The number of halogens is 2. The topological polar surface area (TPSA) is 52.6 Å². The van der Waals surface area contributed by atoms with Crippen molar-refractivity contribution in [3.63, 3.8) is 0 Å². The molecule has 0 spiro atoms. The van der Waals surface area contributed by atoms with E-state index in [1.165, 1.54) is 5.56 Å². The van der Waals surface area contributed by atoms with Crippen molar-refractivity contribution in [1.82, 2.24) is 0 Å². The number of carbonyl (C=O) groups excluding carboxylic acids is 2.